The Balaban J connectivity index is 0. The van der Waals surface area contributed by atoms with Crippen LogP contribution in [0, 0.1) is 0 Å². The molecule has 0 saturated carbocycles. The number of hydrogen-bond donors (Lipinski definition) is 2. The van der Waals surface area contributed by atoms with E-state index in [1.165, 1.54) is 0 Å². The lowest BCUT2D eigenvalue weighted by Gasteiger charge is -2.06. The van der Waals surface area contributed by atoms with Crippen LogP contribution in [0.5, 0.6) is 0 Å². The van der Waals surface area contributed by atoms with Crippen LogP contribution in [-0.4, -0.2) is 78.2 Å². The molecule has 118 valence electrons. The van der Waals surface area contributed by atoms with Gasteiger partial charge in [0.25, 0.3) is 0 Å². The molecule has 0 aromatic rings. The Kier molecular flexibility index (Phi) is 25.4. The van der Waals surface area contributed by atoms with Crippen LogP contribution in [0.15, 0.2) is 0 Å². The van der Waals surface area contributed by atoms with Crippen LogP contribution < -0.4 is 5.32 Å². The van der Waals surface area contributed by atoms with Gasteiger partial charge in [0.1, 0.15) is 0 Å². The number of nitrogens with one attached hydrogen (secondary N) is 1. The average molecular weight is 281 g/mol. The Morgan fingerprint density at radius 3 is 1.42 bits per heavy atom. The third-order valence-electron chi connectivity index (χ3n) is 1.85. The van der Waals surface area contributed by atoms with Gasteiger partial charge in [0.2, 0.25) is 0 Å². The second-order valence-corrected chi connectivity index (χ2v) is 3.28. The Morgan fingerprint density at radius 1 is 0.684 bits per heavy atom. The van der Waals surface area contributed by atoms with Gasteiger partial charge in [0.05, 0.1) is 59.5 Å². The summed E-state index contributed by atoms with van der Waals surface area (Å²) in [6, 6.07) is 0. The smallest absolute Gasteiger partial charge is 0.0701 e. The molecule has 0 amide bonds. The predicted molar refractivity (Wildman–Crippen MR) is 75.6 cm³/mol. The minimum Gasteiger partial charge on any atom is -0.394 e. The summed E-state index contributed by atoms with van der Waals surface area (Å²) in [5.74, 6) is 0. The van der Waals surface area contributed by atoms with E-state index < -0.39 is 0 Å². The molecule has 2 N–H and O–H groups in total. The summed E-state index contributed by atoms with van der Waals surface area (Å²) in [4.78, 5) is 0. The van der Waals surface area contributed by atoms with Crippen LogP contribution in [0.3, 0.4) is 0 Å². The fourth-order valence-electron chi connectivity index (χ4n) is 1.00. The highest BCUT2D eigenvalue weighted by Crippen LogP contribution is 1.82. The fraction of sp³-hybridized carbons (Fsp3) is 1.00. The second kappa shape index (κ2) is 22.9. The van der Waals surface area contributed by atoms with Crippen LogP contribution >= 0.6 is 0 Å². The summed E-state index contributed by atoms with van der Waals surface area (Å²) in [6.07, 6.45) is 0. The van der Waals surface area contributed by atoms with Gasteiger partial charge in [-0.1, -0.05) is 13.8 Å². The summed E-state index contributed by atoms with van der Waals surface area (Å²) in [6.45, 7) is 9.34. The fourth-order valence-corrected chi connectivity index (χ4v) is 1.00. The molecule has 0 heterocycles. The second-order valence-electron chi connectivity index (χ2n) is 3.28. The van der Waals surface area contributed by atoms with Crippen molar-refractivity contribution in [3.63, 3.8) is 0 Å². The van der Waals surface area contributed by atoms with Gasteiger partial charge in [-0.3, -0.25) is 0 Å². The van der Waals surface area contributed by atoms with Crippen molar-refractivity contribution in [2.24, 2.45) is 0 Å². The van der Waals surface area contributed by atoms with Gasteiger partial charge in [-0.25, -0.2) is 0 Å². The van der Waals surface area contributed by atoms with Gasteiger partial charge < -0.3 is 29.4 Å². The van der Waals surface area contributed by atoms with Crippen molar-refractivity contribution in [2.75, 3.05) is 73.1 Å². The molecular weight excluding hydrogens is 250 g/mol. The highest BCUT2D eigenvalue weighted by molar-refractivity contribution is 4.37. The summed E-state index contributed by atoms with van der Waals surface area (Å²) in [7, 11) is 1.89. The van der Waals surface area contributed by atoms with Crippen LogP contribution in [-0.2, 0) is 18.9 Å². The normalized spacial score (nSPS) is 10.1. The molecule has 0 aromatic heterocycles. The molecule has 0 aliphatic heterocycles. The molecule has 6 nitrogen and oxygen atoms in total. The van der Waals surface area contributed by atoms with Crippen LogP contribution in [0.1, 0.15) is 13.8 Å². The van der Waals surface area contributed by atoms with Crippen molar-refractivity contribution >= 4 is 0 Å². The Hall–Kier alpha value is -0.240. The first kappa shape index (κ1) is 21.1. The van der Waals surface area contributed by atoms with Crippen molar-refractivity contribution in [2.45, 2.75) is 13.8 Å². The molecule has 0 radical (unpaired) electrons. The van der Waals surface area contributed by atoms with E-state index in [1.54, 1.807) is 0 Å². The molecule has 19 heavy (non-hydrogen) atoms. The summed E-state index contributed by atoms with van der Waals surface area (Å²) >= 11 is 0. The summed E-state index contributed by atoms with van der Waals surface area (Å²) in [5, 5.41) is 11.4. The third kappa shape index (κ3) is 23.3. The van der Waals surface area contributed by atoms with Gasteiger partial charge in [-0.2, -0.15) is 0 Å². The topological polar surface area (TPSA) is 69.2 Å². The van der Waals surface area contributed by atoms with Crippen molar-refractivity contribution in [1.82, 2.24) is 5.32 Å². The van der Waals surface area contributed by atoms with Gasteiger partial charge in [0, 0.05) is 6.54 Å². The molecule has 0 fully saturated rings. The lowest BCUT2D eigenvalue weighted by molar-refractivity contribution is -0.00511. The number of rotatable bonds is 14. The van der Waals surface area contributed by atoms with Crippen molar-refractivity contribution < 1.29 is 24.1 Å². The Labute approximate surface area is 117 Å². The summed E-state index contributed by atoms with van der Waals surface area (Å²) in [5.41, 5.74) is 0. The first-order chi connectivity index (χ1) is 9.41. The SMILES string of the molecule is CC.CNCCOCCOCCOCCOCCO. The molecule has 0 atom stereocenters. The molecule has 0 unspecified atom stereocenters. The van der Waals surface area contributed by atoms with Gasteiger partial charge in [0.15, 0.2) is 0 Å². The molecule has 0 aromatic carbocycles. The number of likely N-dealkylation sites (N-methyl/N-ethyl adjacent to an activating group) is 1. The largest absolute Gasteiger partial charge is 0.394 e. The van der Waals surface area contributed by atoms with Crippen molar-refractivity contribution in [1.29, 1.82) is 0 Å². The quantitative estimate of drug-likeness (QED) is 0.446. The average Bonchev–Trinajstić information content (AvgIpc) is 2.46. The monoisotopic (exact) mass is 281 g/mol. The predicted octanol–water partition coefficient (Wildman–Crippen LogP) is 0.291. The highest BCUT2D eigenvalue weighted by Gasteiger charge is 1.91. The van der Waals surface area contributed by atoms with Crippen molar-refractivity contribution in [3.05, 3.63) is 0 Å². The van der Waals surface area contributed by atoms with E-state index in [0.29, 0.717) is 52.9 Å². The van der Waals surface area contributed by atoms with Gasteiger partial charge in [-0.05, 0) is 7.05 Å². The van der Waals surface area contributed by atoms with E-state index in [2.05, 4.69) is 5.32 Å². The van der Waals surface area contributed by atoms with E-state index in [0.717, 1.165) is 6.54 Å². The van der Waals surface area contributed by atoms with E-state index >= 15 is 0 Å². The number of aliphatic hydroxyl groups excluding tert-OH is 1. The van der Waals surface area contributed by atoms with Crippen LogP contribution in [0.4, 0.5) is 0 Å². The molecule has 6 heteroatoms. The van der Waals surface area contributed by atoms with E-state index in [4.69, 9.17) is 24.1 Å². The zero-order valence-corrected chi connectivity index (χ0v) is 12.7. The first-order valence-corrected chi connectivity index (χ1v) is 6.98. The zero-order chi connectivity index (χ0) is 14.6. The molecule has 0 spiro atoms. The van der Waals surface area contributed by atoms with Gasteiger partial charge in [-0.15, -0.1) is 0 Å². The van der Waals surface area contributed by atoms with E-state index in [1.807, 2.05) is 20.9 Å². The highest BCUT2D eigenvalue weighted by atomic mass is 16.6. The molecule has 0 rings (SSSR count). The summed E-state index contributed by atoms with van der Waals surface area (Å²) < 4.78 is 20.8. The molecular formula is C13H31NO5. The maximum Gasteiger partial charge on any atom is 0.0701 e. The first-order valence-electron chi connectivity index (χ1n) is 6.98. The molecule has 0 bridgehead atoms. The lowest BCUT2D eigenvalue weighted by Crippen LogP contribution is -2.17. The molecule has 0 saturated heterocycles. The standard InChI is InChI=1S/C11H25NO5.C2H6/c1-12-2-4-14-6-8-16-10-11-17-9-7-15-5-3-13;1-2/h12-13H,2-11H2,1H3;1-2H3. The lowest BCUT2D eigenvalue weighted by atomic mass is 10.6. The minimum absolute atomic E-state index is 0.0522. The maximum absolute atomic E-state index is 8.44. The number of ether oxygens (including phenoxy) is 4. The van der Waals surface area contributed by atoms with Crippen LogP contribution in [0.25, 0.3) is 0 Å². The van der Waals surface area contributed by atoms with Crippen LogP contribution in [0.2, 0.25) is 0 Å². The Bertz CT molecular complexity index is 124. The molecule has 0 aliphatic rings. The molecule has 0 aliphatic carbocycles. The van der Waals surface area contributed by atoms with E-state index in [9.17, 15) is 0 Å². The minimum atomic E-state index is 0.0522. The van der Waals surface area contributed by atoms with E-state index in [-0.39, 0.29) is 6.61 Å². The number of aliphatic hydroxyl groups is 1. The number of hydrogen-bond acceptors (Lipinski definition) is 6. The maximum atomic E-state index is 8.44. The van der Waals surface area contributed by atoms with Gasteiger partial charge >= 0.3 is 0 Å². The van der Waals surface area contributed by atoms with Crippen molar-refractivity contribution in [3.8, 4) is 0 Å². The zero-order valence-electron chi connectivity index (χ0n) is 12.7. The Morgan fingerprint density at radius 2 is 1.05 bits per heavy atom. The third-order valence-corrected chi connectivity index (χ3v) is 1.85.